The number of esters is 2. The Morgan fingerprint density at radius 3 is 1.16 bits per heavy atom. The molecule has 0 bridgehead atoms. The standard InChI is InChI=1S/C34H30O9/c35-25(21-42-33(39)29-17-9-7-15-27(29)31(37)23-11-3-1-4-12-23)19-41-20-26(36)22-43-34(40)30-18-10-8-16-28(30)32(38)24-13-5-2-6-14-24/h1-18,25-26,35-36H,19-22H2. The van der Waals surface area contributed by atoms with E-state index in [1.54, 1.807) is 84.9 Å². The first-order chi connectivity index (χ1) is 20.8. The second-order valence-electron chi connectivity index (χ2n) is 9.52. The van der Waals surface area contributed by atoms with Gasteiger partial charge in [0.05, 0.1) is 24.3 Å². The van der Waals surface area contributed by atoms with Gasteiger partial charge in [-0.15, -0.1) is 0 Å². The lowest BCUT2D eigenvalue weighted by molar-refractivity contribution is -0.0454. The van der Waals surface area contributed by atoms with Crippen LogP contribution in [0.15, 0.2) is 109 Å². The second-order valence-corrected chi connectivity index (χ2v) is 9.52. The van der Waals surface area contributed by atoms with Crippen LogP contribution in [0.4, 0.5) is 0 Å². The van der Waals surface area contributed by atoms with Gasteiger partial charge in [-0.3, -0.25) is 9.59 Å². The van der Waals surface area contributed by atoms with E-state index in [0.717, 1.165) is 0 Å². The van der Waals surface area contributed by atoms with Crippen LogP contribution in [0.2, 0.25) is 0 Å². The van der Waals surface area contributed by atoms with Crippen LogP contribution in [0.1, 0.15) is 52.6 Å². The summed E-state index contributed by atoms with van der Waals surface area (Å²) >= 11 is 0. The molecule has 0 heterocycles. The Bertz CT molecular complexity index is 1430. The Morgan fingerprint density at radius 1 is 0.465 bits per heavy atom. The molecule has 4 aromatic rings. The first kappa shape index (κ1) is 31.0. The van der Waals surface area contributed by atoms with Gasteiger partial charge >= 0.3 is 11.9 Å². The van der Waals surface area contributed by atoms with Gasteiger partial charge < -0.3 is 24.4 Å². The summed E-state index contributed by atoms with van der Waals surface area (Å²) in [4.78, 5) is 51.0. The SMILES string of the molecule is O=C(OCC(O)COCC(O)COC(=O)c1ccccc1C(=O)c1ccccc1)c1ccccc1C(=O)c1ccccc1. The monoisotopic (exact) mass is 582 g/mol. The molecular weight excluding hydrogens is 552 g/mol. The molecule has 0 amide bonds. The summed E-state index contributed by atoms with van der Waals surface area (Å²) < 4.78 is 15.6. The molecule has 0 aliphatic rings. The molecular formula is C34H30O9. The van der Waals surface area contributed by atoms with Crippen LogP contribution in [-0.2, 0) is 14.2 Å². The molecule has 0 fully saturated rings. The number of aliphatic hydroxyl groups is 2. The summed E-state index contributed by atoms with van der Waals surface area (Å²) in [5.74, 6) is -2.23. The van der Waals surface area contributed by atoms with Crippen LogP contribution in [0, 0.1) is 0 Å². The highest BCUT2D eigenvalue weighted by Crippen LogP contribution is 2.17. The van der Waals surface area contributed by atoms with Gasteiger partial charge in [-0.2, -0.15) is 0 Å². The van der Waals surface area contributed by atoms with E-state index < -0.39 is 37.4 Å². The summed E-state index contributed by atoms with van der Waals surface area (Å²) in [7, 11) is 0. The van der Waals surface area contributed by atoms with Crippen molar-refractivity contribution in [2.24, 2.45) is 0 Å². The molecule has 43 heavy (non-hydrogen) atoms. The maximum atomic E-state index is 12.8. The van der Waals surface area contributed by atoms with Crippen LogP contribution in [-0.4, -0.2) is 72.4 Å². The Balaban J connectivity index is 1.21. The van der Waals surface area contributed by atoms with Gasteiger partial charge in [0.15, 0.2) is 11.6 Å². The molecule has 0 aliphatic heterocycles. The summed E-state index contributed by atoms with van der Waals surface area (Å²) in [5.41, 5.74) is 1.32. The molecule has 0 saturated carbocycles. The highest BCUT2D eigenvalue weighted by Gasteiger charge is 2.22. The van der Waals surface area contributed by atoms with Crippen molar-refractivity contribution in [1.82, 2.24) is 0 Å². The molecule has 0 radical (unpaired) electrons. The minimum atomic E-state index is -1.22. The number of rotatable bonds is 14. The Morgan fingerprint density at radius 2 is 0.791 bits per heavy atom. The molecule has 0 spiro atoms. The topological polar surface area (TPSA) is 136 Å². The number of ketones is 2. The van der Waals surface area contributed by atoms with Gasteiger partial charge in [0.25, 0.3) is 0 Å². The fourth-order valence-electron chi connectivity index (χ4n) is 4.14. The molecule has 2 unspecified atom stereocenters. The molecule has 4 rings (SSSR count). The third-order valence-electron chi connectivity index (χ3n) is 6.29. The molecule has 0 saturated heterocycles. The van der Waals surface area contributed by atoms with Crippen molar-refractivity contribution in [2.75, 3.05) is 26.4 Å². The van der Waals surface area contributed by atoms with Crippen molar-refractivity contribution >= 4 is 23.5 Å². The number of carbonyl (C=O) groups excluding carboxylic acids is 4. The average Bonchev–Trinajstić information content (AvgIpc) is 3.06. The van der Waals surface area contributed by atoms with Gasteiger partial charge in [-0.1, -0.05) is 97.1 Å². The molecule has 0 aliphatic carbocycles. The molecule has 0 aromatic heterocycles. The highest BCUT2D eigenvalue weighted by molar-refractivity contribution is 6.15. The first-order valence-electron chi connectivity index (χ1n) is 13.5. The molecule has 9 heteroatoms. The van der Waals surface area contributed by atoms with Crippen LogP contribution >= 0.6 is 0 Å². The van der Waals surface area contributed by atoms with Crippen molar-refractivity contribution < 1.29 is 43.6 Å². The van der Waals surface area contributed by atoms with Crippen molar-refractivity contribution in [3.63, 3.8) is 0 Å². The largest absolute Gasteiger partial charge is 0.459 e. The summed E-state index contributed by atoms with van der Waals surface area (Å²) in [5, 5.41) is 20.4. The van der Waals surface area contributed by atoms with E-state index in [0.29, 0.717) is 11.1 Å². The van der Waals surface area contributed by atoms with Gasteiger partial charge in [0.2, 0.25) is 0 Å². The Kier molecular flexibility index (Phi) is 11.0. The normalized spacial score (nSPS) is 12.1. The third-order valence-corrected chi connectivity index (χ3v) is 6.29. The molecule has 2 N–H and O–H groups in total. The van der Waals surface area contributed by atoms with Gasteiger partial charge in [0, 0.05) is 22.3 Å². The number of ether oxygens (including phenoxy) is 3. The molecule has 220 valence electrons. The number of hydrogen-bond donors (Lipinski definition) is 2. The van der Waals surface area contributed by atoms with E-state index in [-0.39, 0.29) is 47.0 Å². The highest BCUT2D eigenvalue weighted by atomic mass is 16.6. The van der Waals surface area contributed by atoms with Crippen molar-refractivity contribution in [1.29, 1.82) is 0 Å². The fraction of sp³-hybridized carbons (Fsp3) is 0.176. The van der Waals surface area contributed by atoms with Gasteiger partial charge in [-0.05, 0) is 12.1 Å². The van der Waals surface area contributed by atoms with Crippen molar-refractivity contribution in [2.45, 2.75) is 12.2 Å². The predicted molar refractivity (Wildman–Crippen MR) is 156 cm³/mol. The van der Waals surface area contributed by atoms with Gasteiger partial charge in [0.1, 0.15) is 25.4 Å². The van der Waals surface area contributed by atoms with Crippen LogP contribution in [0.25, 0.3) is 0 Å². The first-order valence-corrected chi connectivity index (χ1v) is 13.5. The average molecular weight is 583 g/mol. The third kappa shape index (κ3) is 8.52. The van der Waals surface area contributed by atoms with Crippen LogP contribution in [0.5, 0.6) is 0 Å². The maximum absolute atomic E-state index is 12.8. The lowest BCUT2D eigenvalue weighted by atomic mass is 9.98. The molecule has 9 nitrogen and oxygen atoms in total. The zero-order chi connectivity index (χ0) is 30.6. The minimum Gasteiger partial charge on any atom is -0.459 e. The Hall–Kier alpha value is -4.96. The summed E-state index contributed by atoms with van der Waals surface area (Å²) in [6.07, 6.45) is -2.43. The number of benzene rings is 4. The second kappa shape index (κ2) is 15.3. The number of aliphatic hydroxyl groups excluding tert-OH is 2. The Labute approximate surface area is 248 Å². The lowest BCUT2D eigenvalue weighted by Crippen LogP contribution is -2.29. The smallest absolute Gasteiger partial charge is 0.338 e. The van der Waals surface area contributed by atoms with Crippen LogP contribution < -0.4 is 0 Å². The molecule has 4 aromatic carbocycles. The van der Waals surface area contributed by atoms with E-state index >= 15 is 0 Å². The van der Waals surface area contributed by atoms with Crippen LogP contribution in [0.3, 0.4) is 0 Å². The van der Waals surface area contributed by atoms with Gasteiger partial charge in [-0.25, -0.2) is 9.59 Å². The van der Waals surface area contributed by atoms with Crippen molar-refractivity contribution in [3.05, 3.63) is 143 Å². The quantitative estimate of drug-likeness (QED) is 0.168. The van der Waals surface area contributed by atoms with E-state index in [1.165, 1.54) is 24.3 Å². The van der Waals surface area contributed by atoms with E-state index in [1.807, 2.05) is 0 Å². The number of hydrogen-bond acceptors (Lipinski definition) is 9. The lowest BCUT2D eigenvalue weighted by Gasteiger charge is -2.16. The zero-order valence-electron chi connectivity index (χ0n) is 23.1. The zero-order valence-corrected chi connectivity index (χ0v) is 23.1. The van der Waals surface area contributed by atoms with E-state index in [2.05, 4.69) is 0 Å². The van der Waals surface area contributed by atoms with E-state index in [9.17, 15) is 29.4 Å². The summed E-state index contributed by atoms with van der Waals surface area (Å²) in [6, 6.07) is 29.5. The molecule has 2 atom stereocenters. The minimum absolute atomic E-state index is 0.0637. The number of carbonyl (C=O) groups is 4. The van der Waals surface area contributed by atoms with E-state index in [4.69, 9.17) is 14.2 Å². The summed E-state index contributed by atoms with van der Waals surface area (Å²) in [6.45, 7) is -1.39. The fourth-order valence-corrected chi connectivity index (χ4v) is 4.14. The van der Waals surface area contributed by atoms with Crippen molar-refractivity contribution in [3.8, 4) is 0 Å². The predicted octanol–water partition coefficient (Wildman–Crippen LogP) is 3.90. The maximum Gasteiger partial charge on any atom is 0.338 e.